The lowest BCUT2D eigenvalue weighted by Crippen LogP contribution is -2.59. The molecule has 2 amide bonds. The quantitative estimate of drug-likeness (QED) is 0.386. The second kappa shape index (κ2) is 16.4. The minimum absolute atomic E-state index is 0.0967. The molecule has 1 aromatic carbocycles. The summed E-state index contributed by atoms with van der Waals surface area (Å²) < 4.78 is 19.0. The van der Waals surface area contributed by atoms with E-state index in [1.807, 2.05) is 39.8 Å². The molecular weight excluding hydrogens is 616 g/mol. The molecule has 0 aliphatic carbocycles. The molecule has 2 fully saturated rings. The van der Waals surface area contributed by atoms with E-state index in [2.05, 4.69) is 10.2 Å². The highest BCUT2D eigenvalue weighted by molar-refractivity contribution is 5.97. The number of benzene rings is 1. The van der Waals surface area contributed by atoms with Gasteiger partial charge in [0.25, 0.3) is 5.91 Å². The fourth-order valence-corrected chi connectivity index (χ4v) is 7.75. The number of aliphatic hydroxyl groups excluding tert-OH is 1. The van der Waals surface area contributed by atoms with Gasteiger partial charge in [0.05, 0.1) is 30.3 Å². The summed E-state index contributed by atoms with van der Waals surface area (Å²) in [4.78, 5) is 46.4. The van der Waals surface area contributed by atoms with Crippen LogP contribution in [0.3, 0.4) is 0 Å². The molecule has 3 heterocycles. The van der Waals surface area contributed by atoms with Gasteiger partial charge in [0.15, 0.2) is 6.29 Å². The summed E-state index contributed by atoms with van der Waals surface area (Å²) in [6, 6.07) is 6.52. The van der Waals surface area contributed by atoms with Crippen LogP contribution < -0.4 is 5.32 Å². The summed E-state index contributed by atoms with van der Waals surface area (Å²) in [5.41, 5.74) is -0.683. The van der Waals surface area contributed by atoms with Crippen LogP contribution in [-0.4, -0.2) is 132 Å². The van der Waals surface area contributed by atoms with Gasteiger partial charge in [-0.1, -0.05) is 33.3 Å². The zero-order valence-electron chi connectivity index (χ0n) is 30.1. The predicted molar refractivity (Wildman–Crippen MR) is 182 cm³/mol. The Balaban J connectivity index is 1.74. The topological polar surface area (TPSA) is 141 Å². The van der Waals surface area contributed by atoms with Crippen LogP contribution >= 0.6 is 0 Å². The summed E-state index contributed by atoms with van der Waals surface area (Å²) in [6.45, 7) is 11.1. The van der Waals surface area contributed by atoms with Crippen molar-refractivity contribution in [1.82, 2.24) is 14.7 Å². The molecule has 12 heteroatoms. The lowest BCUT2D eigenvalue weighted by molar-refractivity contribution is -0.299. The second-order valence-corrected chi connectivity index (χ2v) is 15.0. The fourth-order valence-electron chi connectivity index (χ4n) is 7.75. The molecule has 0 saturated carbocycles. The third-order valence-corrected chi connectivity index (χ3v) is 10.2. The van der Waals surface area contributed by atoms with E-state index in [1.165, 1.54) is 0 Å². The van der Waals surface area contributed by atoms with Crippen molar-refractivity contribution in [2.45, 2.75) is 109 Å². The Morgan fingerprint density at radius 1 is 1.12 bits per heavy atom. The van der Waals surface area contributed by atoms with Gasteiger partial charge in [-0.05, 0) is 90.8 Å². The zero-order chi connectivity index (χ0) is 35.3. The second-order valence-electron chi connectivity index (χ2n) is 15.0. The zero-order valence-corrected chi connectivity index (χ0v) is 30.1. The van der Waals surface area contributed by atoms with E-state index in [9.17, 15) is 24.6 Å². The van der Waals surface area contributed by atoms with Gasteiger partial charge < -0.3 is 39.5 Å². The first-order valence-corrected chi connectivity index (χ1v) is 17.5. The number of amides is 2. The van der Waals surface area contributed by atoms with Gasteiger partial charge in [-0.25, -0.2) is 0 Å². The average molecular weight is 675 g/mol. The lowest BCUT2D eigenvalue weighted by Gasteiger charge is -2.47. The third kappa shape index (κ3) is 9.54. The number of anilines is 1. The Kier molecular flexibility index (Phi) is 13.0. The molecule has 48 heavy (non-hydrogen) atoms. The minimum atomic E-state index is -1.55. The summed E-state index contributed by atoms with van der Waals surface area (Å²) in [6.07, 6.45) is -0.435. The molecule has 2 bridgehead atoms. The number of fused-ring (bicyclic) bond motifs is 2. The maximum Gasteiger partial charge on any atom is 0.320 e. The van der Waals surface area contributed by atoms with Crippen LogP contribution in [0.1, 0.15) is 77.1 Å². The standard InChI is InChI=1S/C36H58N4O8/c1-22-19-36(5,45)32(48-35-30(42)28(38(6)7)17-23(2)46-35)24(3)31(47-29(41)21-40-15-10-9-11-16-40)25(4)33(43)37-27-14-12-13-26(18-27)34(44)39(8)20-22/h12-14,18,22-25,28,30-32,35,42,45H,9-11,15-17,19-21H2,1-8H3,(H,37,43)/t22-,23-,24+,25?,28+,30-,31+,32-,35+,36-/m1/s1. The molecule has 12 nitrogen and oxygen atoms in total. The van der Waals surface area contributed by atoms with Crippen LogP contribution in [0.2, 0.25) is 0 Å². The van der Waals surface area contributed by atoms with Gasteiger partial charge in [0, 0.05) is 36.8 Å². The SMILES string of the molecule is CC1C(=O)Nc2cccc(c2)C(=O)N(C)C[C@H](C)C[C@@](C)(O)[C@H](O[C@@H]2O[C@H](C)C[C@H](N(C)C)[C@H]2O)[C@@H](C)[C@@H]1OC(=O)CN1CCCCC1. The summed E-state index contributed by atoms with van der Waals surface area (Å²) >= 11 is 0. The fraction of sp³-hybridized carbons (Fsp3) is 0.750. The smallest absolute Gasteiger partial charge is 0.320 e. The number of likely N-dealkylation sites (tertiary alicyclic amines) is 1. The first-order valence-electron chi connectivity index (χ1n) is 17.5. The molecule has 0 aromatic heterocycles. The van der Waals surface area contributed by atoms with Crippen molar-refractivity contribution in [3.63, 3.8) is 0 Å². The van der Waals surface area contributed by atoms with Crippen LogP contribution in [0, 0.1) is 17.8 Å². The molecule has 3 N–H and O–H groups in total. The van der Waals surface area contributed by atoms with E-state index in [1.54, 1.807) is 50.1 Å². The number of likely N-dealkylation sites (N-methyl/N-ethyl adjacent to an activating group) is 1. The number of rotatable bonds is 6. The van der Waals surface area contributed by atoms with E-state index in [4.69, 9.17) is 14.2 Å². The summed E-state index contributed by atoms with van der Waals surface area (Å²) in [5.74, 6) is -2.85. The highest BCUT2D eigenvalue weighted by atomic mass is 16.7. The molecule has 1 unspecified atom stereocenters. The molecule has 3 aliphatic rings. The van der Waals surface area contributed by atoms with Gasteiger partial charge in [-0.2, -0.15) is 0 Å². The number of piperidine rings is 1. The predicted octanol–water partition coefficient (Wildman–Crippen LogP) is 2.97. The molecule has 0 radical (unpaired) electrons. The Morgan fingerprint density at radius 2 is 1.81 bits per heavy atom. The van der Waals surface area contributed by atoms with Crippen LogP contribution in [0.4, 0.5) is 5.69 Å². The minimum Gasteiger partial charge on any atom is -0.460 e. The van der Waals surface area contributed by atoms with E-state index >= 15 is 0 Å². The summed E-state index contributed by atoms with van der Waals surface area (Å²) in [7, 11) is 5.49. The van der Waals surface area contributed by atoms with Crippen molar-refractivity contribution >= 4 is 23.5 Å². The third-order valence-electron chi connectivity index (χ3n) is 10.2. The van der Waals surface area contributed by atoms with Gasteiger partial charge in [-0.3, -0.25) is 19.3 Å². The highest BCUT2D eigenvalue weighted by Crippen LogP contribution is 2.37. The van der Waals surface area contributed by atoms with Gasteiger partial charge in [0.2, 0.25) is 5.91 Å². The first-order chi connectivity index (χ1) is 22.6. The van der Waals surface area contributed by atoms with Crippen molar-refractivity contribution in [2.75, 3.05) is 52.6 Å². The molecular formula is C36H58N4O8. The van der Waals surface area contributed by atoms with Gasteiger partial charge in [-0.15, -0.1) is 0 Å². The molecule has 3 aliphatic heterocycles. The average Bonchev–Trinajstić information content (AvgIpc) is 3.02. The lowest BCUT2D eigenvalue weighted by atomic mass is 9.77. The monoisotopic (exact) mass is 674 g/mol. The molecule has 270 valence electrons. The van der Waals surface area contributed by atoms with Crippen molar-refractivity contribution < 1.29 is 38.8 Å². The van der Waals surface area contributed by atoms with Crippen molar-refractivity contribution in [3.8, 4) is 0 Å². The van der Waals surface area contributed by atoms with E-state index in [0.717, 1.165) is 32.4 Å². The number of carbonyl (C=O) groups is 3. The summed E-state index contributed by atoms with van der Waals surface area (Å²) in [5, 5.41) is 26.6. The number of nitrogens with one attached hydrogen (secondary N) is 1. The van der Waals surface area contributed by atoms with Crippen LogP contribution in [-0.2, 0) is 23.8 Å². The molecule has 10 atom stereocenters. The van der Waals surface area contributed by atoms with E-state index in [0.29, 0.717) is 24.2 Å². The van der Waals surface area contributed by atoms with Crippen molar-refractivity contribution in [3.05, 3.63) is 29.8 Å². The van der Waals surface area contributed by atoms with Crippen molar-refractivity contribution in [2.24, 2.45) is 17.8 Å². The maximum absolute atomic E-state index is 13.9. The Hall–Kier alpha value is -2.61. The van der Waals surface area contributed by atoms with E-state index in [-0.39, 0.29) is 36.9 Å². The normalized spacial score (nSPS) is 36.2. The number of ether oxygens (including phenoxy) is 3. The number of hydrogen-bond donors (Lipinski definition) is 3. The van der Waals surface area contributed by atoms with Crippen LogP contribution in [0.25, 0.3) is 0 Å². The molecule has 4 rings (SSSR count). The number of carbonyl (C=O) groups excluding carboxylic acids is 3. The van der Waals surface area contributed by atoms with Gasteiger partial charge in [0.1, 0.15) is 12.2 Å². The Morgan fingerprint density at radius 3 is 2.48 bits per heavy atom. The number of hydrogen-bond acceptors (Lipinski definition) is 10. The van der Waals surface area contributed by atoms with Crippen LogP contribution in [0.5, 0.6) is 0 Å². The molecule has 1 aromatic rings. The molecule has 0 spiro atoms. The van der Waals surface area contributed by atoms with Gasteiger partial charge >= 0.3 is 5.97 Å². The number of aliphatic hydroxyl groups is 2. The Labute approximate surface area is 286 Å². The van der Waals surface area contributed by atoms with E-state index < -0.39 is 53.9 Å². The molecule has 2 saturated heterocycles. The number of nitrogens with zero attached hydrogens (tertiary/aromatic N) is 3. The maximum atomic E-state index is 13.9. The largest absolute Gasteiger partial charge is 0.460 e. The Bertz CT molecular complexity index is 1250. The first kappa shape index (κ1) is 38.2. The number of esters is 1. The van der Waals surface area contributed by atoms with Crippen LogP contribution in [0.15, 0.2) is 24.3 Å². The van der Waals surface area contributed by atoms with Crippen molar-refractivity contribution in [1.29, 1.82) is 0 Å². The highest BCUT2D eigenvalue weighted by Gasteiger charge is 2.49.